The molecule has 1 heterocycles. The first-order valence-electron chi connectivity index (χ1n) is 7.53. The van der Waals surface area contributed by atoms with E-state index >= 15 is 0 Å². The summed E-state index contributed by atoms with van der Waals surface area (Å²) in [6.45, 7) is 0. The molecule has 1 aliphatic carbocycles. The molecular weight excluding hydrogens is 346 g/mol. The van der Waals surface area contributed by atoms with Gasteiger partial charge in [-0.1, -0.05) is 0 Å². The Labute approximate surface area is 145 Å². The number of nitrogens with two attached hydrogens (primary N) is 1. The van der Waals surface area contributed by atoms with Gasteiger partial charge in [0.15, 0.2) is 0 Å². The number of hydrogen-bond acceptors (Lipinski definition) is 5. The Morgan fingerprint density at radius 1 is 1.25 bits per heavy atom. The Hall–Kier alpha value is -1.90. The standard InChI is InChI=1S/C16H19N3O3S2/c1-19(2)13-7-6-11(24(17,21)22)9-12(13)18-16(20)15-8-10-4-3-5-14(10)23-15/h6-9H,3-5H2,1-2H3,(H,18,20)(H2,17,21,22). The minimum Gasteiger partial charge on any atom is -0.376 e. The van der Waals surface area contributed by atoms with Crippen molar-refractivity contribution >= 4 is 38.6 Å². The maximum atomic E-state index is 12.6. The molecule has 0 bridgehead atoms. The van der Waals surface area contributed by atoms with E-state index in [0.717, 1.165) is 19.3 Å². The number of nitrogens with zero attached hydrogens (tertiary/aromatic N) is 1. The number of carbonyl (C=O) groups excluding carboxylic acids is 1. The smallest absolute Gasteiger partial charge is 0.265 e. The zero-order valence-corrected chi connectivity index (χ0v) is 15.1. The van der Waals surface area contributed by atoms with E-state index < -0.39 is 10.0 Å². The number of primary sulfonamides is 1. The second-order valence-corrected chi connectivity index (χ2v) is 8.68. The van der Waals surface area contributed by atoms with Gasteiger partial charge in [0.1, 0.15) is 0 Å². The molecule has 0 atom stereocenters. The third-order valence-corrected chi connectivity index (χ3v) is 6.14. The summed E-state index contributed by atoms with van der Waals surface area (Å²) >= 11 is 1.50. The van der Waals surface area contributed by atoms with Gasteiger partial charge < -0.3 is 10.2 Å². The number of hydrogen-bond donors (Lipinski definition) is 2. The highest BCUT2D eigenvalue weighted by atomic mass is 32.2. The van der Waals surface area contributed by atoms with Gasteiger partial charge in [-0.3, -0.25) is 4.79 Å². The predicted molar refractivity (Wildman–Crippen MR) is 96.4 cm³/mol. The van der Waals surface area contributed by atoms with E-state index in [-0.39, 0.29) is 10.8 Å². The summed E-state index contributed by atoms with van der Waals surface area (Å²) in [5.41, 5.74) is 2.38. The van der Waals surface area contributed by atoms with E-state index in [0.29, 0.717) is 16.3 Å². The van der Waals surface area contributed by atoms with Crippen molar-refractivity contribution in [1.82, 2.24) is 0 Å². The summed E-state index contributed by atoms with van der Waals surface area (Å²) in [6.07, 6.45) is 3.18. The first-order chi connectivity index (χ1) is 11.3. The lowest BCUT2D eigenvalue weighted by atomic mass is 10.2. The van der Waals surface area contributed by atoms with Crippen molar-refractivity contribution in [3.05, 3.63) is 39.6 Å². The van der Waals surface area contributed by atoms with Gasteiger partial charge in [-0.25, -0.2) is 13.6 Å². The van der Waals surface area contributed by atoms with Crippen LogP contribution in [0.5, 0.6) is 0 Å². The summed E-state index contributed by atoms with van der Waals surface area (Å²) in [5, 5.41) is 8.01. The summed E-state index contributed by atoms with van der Waals surface area (Å²) in [5.74, 6) is -0.232. The van der Waals surface area contributed by atoms with Gasteiger partial charge in [0.25, 0.3) is 5.91 Å². The molecule has 2 aromatic rings. The Kier molecular flexibility index (Phi) is 4.37. The second-order valence-electron chi connectivity index (χ2n) is 5.99. The van der Waals surface area contributed by atoms with Crippen LogP contribution >= 0.6 is 11.3 Å². The van der Waals surface area contributed by atoms with Crippen molar-refractivity contribution in [3.63, 3.8) is 0 Å². The van der Waals surface area contributed by atoms with Gasteiger partial charge >= 0.3 is 0 Å². The molecule has 3 rings (SSSR count). The van der Waals surface area contributed by atoms with Crippen LogP contribution in [0.2, 0.25) is 0 Å². The SMILES string of the molecule is CN(C)c1ccc(S(N)(=O)=O)cc1NC(=O)c1cc2c(s1)CCC2. The van der Waals surface area contributed by atoms with Crippen LogP contribution in [-0.4, -0.2) is 28.4 Å². The van der Waals surface area contributed by atoms with E-state index in [4.69, 9.17) is 5.14 Å². The van der Waals surface area contributed by atoms with Crippen LogP contribution in [0, 0.1) is 0 Å². The fourth-order valence-electron chi connectivity index (χ4n) is 2.81. The molecule has 3 N–H and O–H groups in total. The fraction of sp³-hybridized carbons (Fsp3) is 0.312. The highest BCUT2D eigenvalue weighted by Gasteiger charge is 2.20. The summed E-state index contributed by atoms with van der Waals surface area (Å²) in [6, 6.07) is 6.38. The van der Waals surface area contributed by atoms with Crippen molar-refractivity contribution in [2.45, 2.75) is 24.2 Å². The van der Waals surface area contributed by atoms with Crippen LogP contribution in [0.1, 0.15) is 26.5 Å². The number of aryl methyl sites for hydroxylation is 2. The zero-order chi connectivity index (χ0) is 17.5. The molecule has 0 aliphatic heterocycles. The quantitative estimate of drug-likeness (QED) is 0.869. The lowest BCUT2D eigenvalue weighted by molar-refractivity contribution is 0.103. The molecular formula is C16H19N3O3S2. The lowest BCUT2D eigenvalue weighted by Gasteiger charge is -2.18. The van der Waals surface area contributed by atoms with Crippen LogP contribution in [0.25, 0.3) is 0 Å². The number of benzene rings is 1. The third kappa shape index (κ3) is 3.31. The van der Waals surface area contributed by atoms with Crippen LogP contribution in [-0.2, 0) is 22.9 Å². The van der Waals surface area contributed by atoms with Crippen molar-refractivity contribution < 1.29 is 13.2 Å². The Morgan fingerprint density at radius 3 is 2.62 bits per heavy atom. The molecule has 24 heavy (non-hydrogen) atoms. The van der Waals surface area contributed by atoms with E-state index in [1.54, 1.807) is 11.0 Å². The second kappa shape index (κ2) is 6.19. The van der Waals surface area contributed by atoms with Crippen LogP contribution in [0.3, 0.4) is 0 Å². The lowest BCUT2D eigenvalue weighted by Crippen LogP contribution is -2.18. The van der Waals surface area contributed by atoms with Gasteiger partial charge in [0.2, 0.25) is 10.0 Å². The highest BCUT2D eigenvalue weighted by Crippen LogP contribution is 2.32. The Bertz CT molecular complexity index is 880. The molecule has 1 aliphatic rings. The highest BCUT2D eigenvalue weighted by molar-refractivity contribution is 7.89. The molecule has 0 saturated heterocycles. The van der Waals surface area contributed by atoms with Crippen molar-refractivity contribution in [2.24, 2.45) is 5.14 Å². The summed E-state index contributed by atoms with van der Waals surface area (Å²) in [7, 11) is -0.191. The fourth-order valence-corrected chi connectivity index (χ4v) is 4.50. The normalized spacial score (nSPS) is 13.6. The van der Waals surface area contributed by atoms with Crippen molar-refractivity contribution in [3.8, 4) is 0 Å². The van der Waals surface area contributed by atoms with Gasteiger partial charge in [0.05, 0.1) is 21.1 Å². The maximum Gasteiger partial charge on any atom is 0.265 e. The molecule has 0 unspecified atom stereocenters. The molecule has 0 fully saturated rings. The maximum absolute atomic E-state index is 12.6. The van der Waals surface area contributed by atoms with Gasteiger partial charge in [-0.05, 0) is 49.1 Å². The van der Waals surface area contributed by atoms with Crippen LogP contribution in [0.15, 0.2) is 29.2 Å². The first-order valence-corrected chi connectivity index (χ1v) is 9.89. The van der Waals surface area contributed by atoms with Gasteiger partial charge in [0, 0.05) is 19.0 Å². The van der Waals surface area contributed by atoms with Crippen LogP contribution in [0.4, 0.5) is 11.4 Å². The first kappa shape index (κ1) is 16.9. The molecule has 1 aromatic carbocycles. The average Bonchev–Trinajstić information content (AvgIpc) is 3.07. The third-order valence-electron chi connectivity index (χ3n) is 4.00. The zero-order valence-electron chi connectivity index (χ0n) is 13.5. The van der Waals surface area contributed by atoms with E-state index in [2.05, 4.69) is 5.32 Å². The molecule has 1 amide bonds. The molecule has 128 valence electrons. The summed E-state index contributed by atoms with van der Waals surface area (Å²) < 4.78 is 23.1. The number of anilines is 2. The van der Waals surface area contributed by atoms with Gasteiger partial charge in [-0.2, -0.15) is 0 Å². The molecule has 0 spiro atoms. The van der Waals surface area contributed by atoms with Crippen LogP contribution < -0.4 is 15.4 Å². The Balaban J connectivity index is 1.93. The van der Waals surface area contributed by atoms with Crippen molar-refractivity contribution in [1.29, 1.82) is 0 Å². The number of nitrogens with one attached hydrogen (secondary N) is 1. The van der Waals surface area contributed by atoms with E-state index in [1.165, 1.54) is 33.9 Å². The molecule has 0 radical (unpaired) electrons. The largest absolute Gasteiger partial charge is 0.376 e. The minimum atomic E-state index is -3.83. The predicted octanol–water partition coefficient (Wildman–Crippen LogP) is 2.20. The molecule has 8 heteroatoms. The number of fused-ring (bicyclic) bond motifs is 1. The monoisotopic (exact) mass is 365 g/mol. The number of rotatable bonds is 4. The average molecular weight is 365 g/mol. The minimum absolute atomic E-state index is 0.0305. The Morgan fingerprint density at radius 2 is 2.00 bits per heavy atom. The topological polar surface area (TPSA) is 92.5 Å². The number of carbonyl (C=O) groups is 1. The van der Waals surface area contributed by atoms with Gasteiger partial charge in [-0.15, -0.1) is 11.3 Å². The van der Waals surface area contributed by atoms with E-state index in [1.807, 2.05) is 20.2 Å². The van der Waals surface area contributed by atoms with E-state index in [9.17, 15) is 13.2 Å². The summed E-state index contributed by atoms with van der Waals surface area (Å²) in [4.78, 5) is 16.2. The number of thiophene rings is 1. The number of sulfonamides is 1. The molecule has 6 nitrogen and oxygen atoms in total. The molecule has 0 saturated carbocycles. The van der Waals surface area contributed by atoms with Crippen molar-refractivity contribution in [2.75, 3.05) is 24.3 Å². The molecule has 1 aromatic heterocycles. The number of amides is 1.